The molecule has 2 rings (SSSR count). The van der Waals surface area contributed by atoms with Gasteiger partial charge in [-0.3, -0.25) is 14.4 Å². The van der Waals surface area contributed by atoms with Crippen molar-refractivity contribution in [3.8, 4) is 0 Å². The topological polar surface area (TPSA) is 92.3 Å². The number of aryl methyl sites for hydroxylation is 1. The maximum atomic E-state index is 12.8. The van der Waals surface area contributed by atoms with Crippen molar-refractivity contribution >= 4 is 49.8 Å². The van der Waals surface area contributed by atoms with Crippen molar-refractivity contribution in [2.45, 2.75) is 37.6 Å². The van der Waals surface area contributed by atoms with Gasteiger partial charge >= 0.3 is 0 Å². The van der Waals surface area contributed by atoms with Gasteiger partial charge in [0.1, 0.15) is 6.04 Å². The molecule has 1 atom stereocenters. The Bertz CT molecular complexity index is 867. The molecule has 0 fully saturated rings. The Hall–Kier alpha value is -1.65. The lowest BCUT2D eigenvalue weighted by Gasteiger charge is -2.30. The van der Waals surface area contributed by atoms with Gasteiger partial charge in [0.25, 0.3) is 0 Å². The molecule has 1 amide bonds. The molecule has 0 aliphatic rings. The minimum Gasteiger partial charge on any atom is -0.299 e. The Morgan fingerprint density at radius 1 is 1.35 bits per heavy atom. The molecular formula is C16H22N4O3S3. The van der Waals surface area contributed by atoms with Crippen LogP contribution in [-0.4, -0.2) is 42.6 Å². The number of hydrogen-bond donors (Lipinski definition) is 1. The van der Waals surface area contributed by atoms with Crippen molar-refractivity contribution in [2.24, 2.45) is 0 Å². The van der Waals surface area contributed by atoms with Gasteiger partial charge in [-0.15, -0.1) is 10.2 Å². The van der Waals surface area contributed by atoms with Gasteiger partial charge in [0, 0.05) is 0 Å². The second-order valence-electron chi connectivity index (χ2n) is 5.62. The molecule has 2 aromatic rings. The average molecular weight is 415 g/mol. The van der Waals surface area contributed by atoms with E-state index >= 15 is 0 Å². The quantitative estimate of drug-likeness (QED) is 0.527. The number of anilines is 2. The molecule has 1 heterocycles. The third kappa shape index (κ3) is 5.18. The first-order valence-electron chi connectivity index (χ1n) is 8.09. The number of carbonyl (C=O) groups excluding carboxylic acids is 1. The van der Waals surface area contributed by atoms with Crippen LogP contribution in [0.15, 0.2) is 28.6 Å². The number of thioether (sulfide) groups is 1. The van der Waals surface area contributed by atoms with Crippen molar-refractivity contribution in [1.29, 1.82) is 0 Å². The van der Waals surface area contributed by atoms with Gasteiger partial charge in [0.15, 0.2) is 4.34 Å². The highest BCUT2D eigenvalue weighted by Gasteiger charge is 2.32. The van der Waals surface area contributed by atoms with Gasteiger partial charge in [0.05, 0.1) is 11.9 Å². The number of rotatable bonds is 8. The highest BCUT2D eigenvalue weighted by atomic mass is 32.2. The van der Waals surface area contributed by atoms with Crippen molar-refractivity contribution in [3.05, 3.63) is 29.8 Å². The summed E-state index contributed by atoms with van der Waals surface area (Å²) >= 11 is 2.81. The zero-order valence-corrected chi connectivity index (χ0v) is 17.5. The van der Waals surface area contributed by atoms with Crippen molar-refractivity contribution < 1.29 is 13.2 Å². The van der Waals surface area contributed by atoms with Gasteiger partial charge in [-0.05, 0) is 36.8 Å². The molecule has 26 heavy (non-hydrogen) atoms. The molecule has 1 N–H and O–H groups in total. The summed E-state index contributed by atoms with van der Waals surface area (Å²) in [5.41, 5.74) is 1.38. The van der Waals surface area contributed by atoms with E-state index in [2.05, 4.69) is 15.5 Å². The van der Waals surface area contributed by atoms with Crippen LogP contribution >= 0.6 is 23.1 Å². The molecule has 7 nitrogen and oxygen atoms in total. The lowest BCUT2D eigenvalue weighted by molar-refractivity contribution is -0.117. The summed E-state index contributed by atoms with van der Waals surface area (Å²) in [5, 5.41) is 11.0. The number of hydrogen-bond acceptors (Lipinski definition) is 7. The number of sulfonamides is 1. The minimum atomic E-state index is -3.65. The maximum Gasteiger partial charge on any atom is 0.250 e. The highest BCUT2D eigenvalue weighted by Crippen LogP contribution is 2.27. The van der Waals surface area contributed by atoms with Crippen LogP contribution in [0, 0.1) is 6.92 Å². The fourth-order valence-corrected chi connectivity index (χ4v) is 5.31. The molecule has 0 saturated carbocycles. The zero-order valence-electron chi connectivity index (χ0n) is 15.1. The number of benzene rings is 1. The number of aromatic nitrogens is 2. The maximum absolute atomic E-state index is 12.8. The number of nitrogens with one attached hydrogen (secondary N) is 1. The third-order valence-corrected chi connectivity index (χ3v) is 6.52. The predicted molar refractivity (Wildman–Crippen MR) is 108 cm³/mol. The summed E-state index contributed by atoms with van der Waals surface area (Å²) in [6, 6.07) is 6.20. The first-order valence-corrected chi connectivity index (χ1v) is 11.7. The largest absolute Gasteiger partial charge is 0.299 e. The first-order chi connectivity index (χ1) is 12.3. The van der Waals surface area contributed by atoms with Crippen LogP contribution in [0.2, 0.25) is 0 Å². The minimum absolute atomic E-state index is 0.322. The Morgan fingerprint density at radius 2 is 2.08 bits per heavy atom. The SMILES string of the molecule is CCSc1nnc(NC(=O)[C@H](CC)N(c2cccc(C)c2)S(C)(=O)=O)s1. The van der Waals surface area contributed by atoms with Crippen LogP contribution < -0.4 is 9.62 Å². The summed E-state index contributed by atoms with van der Waals surface area (Å²) in [6.45, 7) is 5.65. The molecule has 0 aliphatic carbocycles. The molecule has 0 saturated heterocycles. The summed E-state index contributed by atoms with van der Waals surface area (Å²) in [5.74, 6) is 0.429. The van der Waals surface area contributed by atoms with Crippen molar-refractivity contribution in [2.75, 3.05) is 21.6 Å². The molecule has 1 aromatic carbocycles. The Morgan fingerprint density at radius 3 is 2.65 bits per heavy atom. The van der Waals surface area contributed by atoms with Gasteiger partial charge < -0.3 is 0 Å². The third-order valence-electron chi connectivity index (χ3n) is 3.49. The van der Waals surface area contributed by atoms with Gasteiger partial charge in [-0.1, -0.05) is 49.1 Å². The lowest BCUT2D eigenvalue weighted by Crippen LogP contribution is -2.47. The monoisotopic (exact) mass is 414 g/mol. The summed E-state index contributed by atoms with van der Waals surface area (Å²) in [4.78, 5) is 12.8. The van der Waals surface area contributed by atoms with E-state index in [0.717, 1.165) is 26.2 Å². The summed E-state index contributed by atoms with van der Waals surface area (Å²) < 4.78 is 26.7. The lowest BCUT2D eigenvalue weighted by atomic mass is 10.1. The second-order valence-corrected chi connectivity index (χ2v) is 9.97. The van der Waals surface area contributed by atoms with Gasteiger partial charge in [-0.25, -0.2) is 8.42 Å². The molecule has 142 valence electrons. The van der Waals surface area contributed by atoms with Crippen molar-refractivity contribution in [3.63, 3.8) is 0 Å². The number of carbonyl (C=O) groups is 1. The normalized spacial score (nSPS) is 12.6. The molecule has 1 aromatic heterocycles. The standard InChI is InChI=1S/C16H22N4O3S3/c1-5-13(14(21)17-15-18-19-16(25-15)24-6-2)20(26(4,22)23)12-9-7-8-11(3)10-12/h7-10,13H,5-6H2,1-4H3,(H,17,18,21)/t13-/m0/s1. The molecule has 0 unspecified atom stereocenters. The van der Waals surface area contributed by atoms with Crippen LogP contribution in [0.4, 0.5) is 10.8 Å². The van der Waals surface area contributed by atoms with E-state index < -0.39 is 22.0 Å². The van der Waals surface area contributed by atoms with Gasteiger partial charge in [-0.2, -0.15) is 0 Å². The van der Waals surface area contributed by atoms with E-state index in [1.807, 2.05) is 19.9 Å². The molecule has 0 aliphatic heterocycles. The highest BCUT2D eigenvalue weighted by molar-refractivity contribution is 8.01. The van der Waals surface area contributed by atoms with E-state index in [4.69, 9.17) is 0 Å². The molecule has 10 heteroatoms. The molecule has 0 bridgehead atoms. The van der Waals surface area contributed by atoms with Crippen LogP contribution in [0.25, 0.3) is 0 Å². The molecule has 0 spiro atoms. The summed E-state index contributed by atoms with van der Waals surface area (Å²) in [6.07, 6.45) is 1.43. The predicted octanol–water partition coefficient (Wildman–Crippen LogP) is 3.14. The Labute approximate surface area is 162 Å². The van der Waals surface area contributed by atoms with E-state index in [1.54, 1.807) is 25.1 Å². The fraction of sp³-hybridized carbons (Fsp3) is 0.438. The number of nitrogens with zero attached hydrogens (tertiary/aromatic N) is 3. The second kappa shape index (κ2) is 8.83. The molecule has 0 radical (unpaired) electrons. The van der Waals surface area contributed by atoms with E-state index in [1.165, 1.54) is 23.1 Å². The van der Waals surface area contributed by atoms with Gasteiger partial charge in [0.2, 0.25) is 21.1 Å². The first kappa shape index (κ1) is 20.7. The smallest absolute Gasteiger partial charge is 0.250 e. The van der Waals surface area contributed by atoms with E-state index in [-0.39, 0.29) is 0 Å². The number of amides is 1. The van der Waals surface area contributed by atoms with Crippen LogP contribution in [-0.2, 0) is 14.8 Å². The van der Waals surface area contributed by atoms with Crippen LogP contribution in [0.5, 0.6) is 0 Å². The van der Waals surface area contributed by atoms with Crippen LogP contribution in [0.3, 0.4) is 0 Å². The average Bonchev–Trinajstić information content (AvgIpc) is 2.98. The Kier molecular flexibility index (Phi) is 7.01. The van der Waals surface area contributed by atoms with Crippen LogP contribution in [0.1, 0.15) is 25.8 Å². The van der Waals surface area contributed by atoms with E-state index in [9.17, 15) is 13.2 Å². The fourth-order valence-electron chi connectivity index (χ4n) is 2.46. The van der Waals surface area contributed by atoms with Crippen molar-refractivity contribution in [1.82, 2.24) is 10.2 Å². The molecular weight excluding hydrogens is 392 g/mol. The summed E-state index contributed by atoms with van der Waals surface area (Å²) in [7, 11) is -3.65. The Balaban J connectivity index is 2.30. The van der Waals surface area contributed by atoms with E-state index in [0.29, 0.717) is 17.2 Å². The zero-order chi connectivity index (χ0) is 19.3.